The number of likely N-dealkylation sites (tertiary alicyclic amines) is 1. The van der Waals surface area contributed by atoms with Crippen LogP contribution in [0.1, 0.15) is 76.5 Å². The predicted molar refractivity (Wildman–Crippen MR) is 230 cm³/mol. The Kier molecular flexibility index (Phi) is 12.5. The quantitative estimate of drug-likeness (QED) is 0.0908. The zero-order valence-corrected chi connectivity index (χ0v) is 36.1. The van der Waals surface area contributed by atoms with Gasteiger partial charge in [0.1, 0.15) is 11.9 Å². The topological polar surface area (TPSA) is 174 Å². The van der Waals surface area contributed by atoms with Gasteiger partial charge in [0, 0.05) is 49.4 Å². The Labute approximate surface area is 348 Å². The van der Waals surface area contributed by atoms with Gasteiger partial charge in [-0.15, -0.1) is 11.3 Å². The lowest BCUT2D eigenvalue weighted by molar-refractivity contribution is -0.145. The average Bonchev–Trinajstić information content (AvgIpc) is 3.80. The highest BCUT2D eigenvalue weighted by Gasteiger charge is 2.45. The molecule has 13 nitrogen and oxygen atoms in total. The molecule has 1 fully saturated rings. The number of hydrogen-bond acceptors (Lipinski definition) is 11. The number of thiazole rings is 1. The minimum atomic E-state index is -1.25. The van der Waals surface area contributed by atoms with Gasteiger partial charge < -0.3 is 31.3 Å². The molecule has 3 amide bonds. The number of amides is 3. The van der Waals surface area contributed by atoms with E-state index in [9.17, 15) is 19.5 Å². The van der Waals surface area contributed by atoms with E-state index >= 15 is 4.39 Å². The van der Waals surface area contributed by atoms with Crippen molar-refractivity contribution in [3.63, 3.8) is 0 Å². The number of aryl methyl sites for hydroxylation is 3. The van der Waals surface area contributed by atoms with Gasteiger partial charge in [-0.1, -0.05) is 45.0 Å². The van der Waals surface area contributed by atoms with Crippen molar-refractivity contribution in [3.05, 3.63) is 82.5 Å². The third kappa shape index (κ3) is 9.42. The number of nitrogens with one attached hydrogen (secondary N) is 4. The Morgan fingerprint density at radius 3 is 2.34 bits per heavy atom. The summed E-state index contributed by atoms with van der Waals surface area (Å²) in [5, 5.41) is 23.4. The van der Waals surface area contributed by atoms with E-state index in [1.54, 1.807) is 51.4 Å². The highest BCUT2D eigenvalue weighted by atomic mass is 32.1. The second kappa shape index (κ2) is 17.1. The molecule has 0 spiro atoms. The SMILES string of the molecule is CNc1ncc2cc(-c3cc(NC(=O)C(C)(C)NC[C@@H](C(=O)N4C[C@H](O)C[C@H]4C(=O)N[C@@H](C)c4ccc(-c5scnc5C)cc4)C(C)(C)C)c(F)cc3C)c(C)nc2n1. The molecule has 0 bridgehead atoms. The molecule has 5 aromatic rings. The fourth-order valence-corrected chi connectivity index (χ4v) is 8.20. The molecular formula is C44H54FN9O4S. The van der Waals surface area contributed by atoms with Crippen LogP contribution < -0.4 is 21.3 Å². The molecule has 3 aromatic heterocycles. The van der Waals surface area contributed by atoms with Crippen LogP contribution in [0.15, 0.2) is 54.2 Å². The van der Waals surface area contributed by atoms with E-state index in [4.69, 9.17) is 0 Å². The standard InChI is InChI=1S/C44H54FN9O4S/c1-23-15-34(45)35(18-31(23)32-16-29-19-47-42(46-10)53-38(29)50-25(32)3)52-41(58)44(8,9)49-20-33(43(5,6)7)40(57)54-21-30(55)17-36(54)39(56)51-24(2)27-11-13-28(14-12-27)37-26(4)48-22-59-37/h11-16,18-19,22,24,30,33,36,49,55H,17,20-21H2,1-10H3,(H,51,56)(H,52,58)(H,46,47,50,53)/t24-,30+,33-,36-/m0/s1. The fraction of sp³-hybridized carbons (Fsp3) is 0.432. The number of aliphatic hydroxyl groups excluding tert-OH is 1. The smallest absolute Gasteiger partial charge is 0.244 e. The van der Waals surface area contributed by atoms with E-state index in [-0.39, 0.29) is 43.1 Å². The minimum Gasteiger partial charge on any atom is -0.391 e. The van der Waals surface area contributed by atoms with Gasteiger partial charge in [-0.25, -0.2) is 19.3 Å². The van der Waals surface area contributed by atoms with E-state index in [0.29, 0.717) is 33.8 Å². The first-order valence-electron chi connectivity index (χ1n) is 19.8. The van der Waals surface area contributed by atoms with Gasteiger partial charge in [-0.05, 0) is 87.4 Å². The van der Waals surface area contributed by atoms with Crippen molar-refractivity contribution in [1.82, 2.24) is 35.5 Å². The largest absolute Gasteiger partial charge is 0.391 e. The van der Waals surface area contributed by atoms with Crippen LogP contribution in [0.2, 0.25) is 0 Å². The summed E-state index contributed by atoms with van der Waals surface area (Å²) in [6.45, 7) is 16.7. The molecule has 4 atom stereocenters. The molecule has 0 saturated carbocycles. The van der Waals surface area contributed by atoms with Gasteiger partial charge >= 0.3 is 0 Å². The van der Waals surface area contributed by atoms with Crippen LogP contribution >= 0.6 is 11.3 Å². The molecule has 1 saturated heterocycles. The lowest BCUT2D eigenvalue weighted by atomic mass is 9.79. The molecule has 0 radical (unpaired) electrons. The Morgan fingerprint density at radius 2 is 1.69 bits per heavy atom. The summed E-state index contributed by atoms with van der Waals surface area (Å²) in [5.41, 5.74) is 6.17. The molecule has 2 aromatic carbocycles. The number of fused-ring (bicyclic) bond motifs is 1. The van der Waals surface area contributed by atoms with Crippen molar-refractivity contribution in [2.24, 2.45) is 11.3 Å². The number of pyridine rings is 1. The number of hydrogen-bond donors (Lipinski definition) is 5. The summed E-state index contributed by atoms with van der Waals surface area (Å²) < 4.78 is 15.5. The van der Waals surface area contributed by atoms with Crippen molar-refractivity contribution in [3.8, 4) is 21.6 Å². The van der Waals surface area contributed by atoms with Crippen molar-refractivity contribution >= 4 is 51.7 Å². The zero-order chi connectivity index (χ0) is 43.0. The van der Waals surface area contributed by atoms with Crippen molar-refractivity contribution in [2.45, 2.75) is 92.5 Å². The Bertz CT molecular complexity index is 2380. The van der Waals surface area contributed by atoms with E-state index in [2.05, 4.69) is 41.2 Å². The fourth-order valence-electron chi connectivity index (χ4n) is 7.39. The summed E-state index contributed by atoms with van der Waals surface area (Å²) in [4.78, 5) is 62.3. The van der Waals surface area contributed by atoms with Gasteiger partial charge in [0.15, 0.2) is 5.65 Å². The molecule has 59 heavy (non-hydrogen) atoms. The van der Waals surface area contributed by atoms with E-state index < -0.39 is 40.7 Å². The summed E-state index contributed by atoms with van der Waals surface area (Å²) in [6, 6.07) is 11.6. The summed E-state index contributed by atoms with van der Waals surface area (Å²) in [7, 11) is 1.73. The van der Waals surface area contributed by atoms with Crippen LogP contribution in [0.4, 0.5) is 16.0 Å². The van der Waals surface area contributed by atoms with E-state index in [1.165, 1.54) is 11.0 Å². The lowest BCUT2D eigenvalue weighted by Crippen LogP contribution is -2.56. The van der Waals surface area contributed by atoms with Crippen LogP contribution in [0.5, 0.6) is 0 Å². The average molecular weight is 824 g/mol. The van der Waals surface area contributed by atoms with Gasteiger partial charge in [-0.2, -0.15) is 4.98 Å². The van der Waals surface area contributed by atoms with Gasteiger partial charge in [-0.3, -0.25) is 14.4 Å². The van der Waals surface area contributed by atoms with Crippen LogP contribution in [-0.2, 0) is 14.4 Å². The molecular weight excluding hydrogens is 770 g/mol. The van der Waals surface area contributed by atoms with E-state index in [0.717, 1.165) is 27.3 Å². The molecule has 5 N–H and O–H groups in total. The van der Waals surface area contributed by atoms with Crippen molar-refractivity contribution < 1.29 is 23.9 Å². The van der Waals surface area contributed by atoms with Crippen LogP contribution in [-0.4, -0.2) is 85.5 Å². The minimum absolute atomic E-state index is 0.00446. The Morgan fingerprint density at radius 1 is 0.983 bits per heavy atom. The predicted octanol–water partition coefficient (Wildman–Crippen LogP) is 6.73. The highest BCUT2D eigenvalue weighted by molar-refractivity contribution is 7.13. The number of rotatable bonds is 12. The molecule has 6 rings (SSSR count). The number of aliphatic hydroxyl groups is 1. The zero-order valence-electron chi connectivity index (χ0n) is 35.3. The number of halogens is 1. The van der Waals surface area contributed by atoms with Crippen LogP contribution in [0, 0.1) is 37.9 Å². The normalized spacial score (nSPS) is 16.8. The molecule has 1 aliphatic heterocycles. The first-order valence-corrected chi connectivity index (χ1v) is 20.6. The molecule has 312 valence electrons. The first kappa shape index (κ1) is 43.2. The second-order valence-corrected chi connectivity index (χ2v) is 17.9. The molecule has 0 aliphatic carbocycles. The Hall–Kier alpha value is -5.38. The van der Waals surface area contributed by atoms with Crippen LogP contribution in [0.25, 0.3) is 32.6 Å². The summed E-state index contributed by atoms with van der Waals surface area (Å²) in [5.74, 6) is -2.00. The number of nitrogens with zero attached hydrogens (tertiary/aromatic N) is 5. The van der Waals surface area contributed by atoms with E-state index in [1.807, 2.05) is 77.4 Å². The number of carbonyl (C=O) groups excluding carboxylic acids is 3. The third-order valence-corrected chi connectivity index (χ3v) is 12.1. The van der Waals surface area contributed by atoms with Crippen molar-refractivity contribution in [1.29, 1.82) is 0 Å². The first-order chi connectivity index (χ1) is 27.8. The maximum atomic E-state index is 15.5. The summed E-state index contributed by atoms with van der Waals surface area (Å²) in [6.07, 6.45) is 0.907. The number of β-amino-alcohol motifs (C(OH)–C–C–N with tert-alkyl or cyclic N) is 1. The number of aromatic nitrogens is 4. The van der Waals surface area contributed by atoms with Crippen LogP contribution in [0.3, 0.4) is 0 Å². The summed E-state index contributed by atoms with van der Waals surface area (Å²) >= 11 is 1.57. The number of benzene rings is 2. The number of anilines is 2. The molecule has 0 unspecified atom stereocenters. The van der Waals surface area contributed by atoms with Gasteiger partial charge in [0.2, 0.25) is 23.7 Å². The van der Waals surface area contributed by atoms with Gasteiger partial charge in [0.25, 0.3) is 0 Å². The maximum absolute atomic E-state index is 15.5. The molecule has 15 heteroatoms. The third-order valence-electron chi connectivity index (χ3n) is 11.1. The van der Waals surface area contributed by atoms with Crippen molar-refractivity contribution in [2.75, 3.05) is 30.8 Å². The molecule has 4 heterocycles. The monoisotopic (exact) mass is 823 g/mol. The highest BCUT2D eigenvalue weighted by Crippen LogP contribution is 2.35. The number of carbonyl (C=O) groups is 3. The maximum Gasteiger partial charge on any atom is 0.244 e. The van der Waals surface area contributed by atoms with Gasteiger partial charge in [0.05, 0.1) is 45.4 Å². The molecule has 1 aliphatic rings. The lowest BCUT2D eigenvalue weighted by Gasteiger charge is -2.37. The Balaban J connectivity index is 1.14. The second-order valence-electron chi connectivity index (χ2n) is 17.0.